The predicted octanol–water partition coefficient (Wildman–Crippen LogP) is 3.76. The van der Waals surface area contributed by atoms with Gasteiger partial charge in [0.25, 0.3) is 0 Å². The Morgan fingerprint density at radius 1 is 1.29 bits per heavy atom. The highest BCUT2D eigenvalue weighted by atomic mass is 32.1. The number of allylic oxidation sites excluding steroid dienone is 1. The van der Waals surface area contributed by atoms with Gasteiger partial charge in [0.15, 0.2) is 0 Å². The Kier molecular flexibility index (Phi) is 4.45. The molecule has 1 aromatic rings. The molecule has 0 heterocycles. The van der Waals surface area contributed by atoms with Crippen molar-refractivity contribution in [1.82, 2.24) is 0 Å². The van der Waals surface area contributed by atoms with E-state index in [1.165, 1.54) is 12.2 Å². The van der Waals surface area contributed by atoms with Crippen LogP contribution in [0.4, 0.5) is 23.2 Å². The second kappa shape index (κ2) is 5.44. The van der Waals surface area contributed by atoms with E-state index in [-0.39, 0.29) is 5.56 Å². The first-order valence-corrected chi connectivity index (χ1v) is 5.43. The number of benzene rings is 1. The maximum atomic E-state index is 13.1. The van der Waals surface area contributed by atoms with Crippen molar-refractivity contribution < 1.29 is 17.6 Å². The van der Waals surface area contributed by atoms with Crippen molar-refractivity contribution in [2.45, 2.75) is 12.6 Å². The molecule has 0 radical (unpaired) electrons. The first-order chi connectivity index (χ1) is 7.86. The zero-order valence-electron chi connectivity index (χ0n) is 8.76. The van der Waals surface area contributed by atoms with Gasteiger partial charge in [0.05, 0.1) is 11.3 Å². The molecule has 0 unspecified atom stereocenters. The second-order valence-corrected chi connectivity index (χ2v) is 3.82. The first-order valence-electron chi connectivity index (χ1n) is 4.80. The summed E-state index contributed by atoms with van der Waals surface area (Å²) in [6.45, 7) is 0. The van der Waals surface area contributed by atoms with E-state index >= 15 is 0 Å². The summed E-state index contributed by atoms with van der Waals surface area (Å²) in [4.78, 5) is 0. The minimum Gasteiger partial charge on any atom is -0.396 e. The summed E-state index contributed by atoms with van der Waals surface area (Å²) in [7, 11) is 0. The van der Waals surface area contributed by atoms with Crippen LogP contribution in [-0.2, 0) is 6.18 Å². The topological polar surface area (TPSA) is 26.0 Å². The molecule has 1 rings (SSSR count). The average molecular weight is 265 g/mol. The van der Waals surface area contributed by atoms with Crippen LogP contribution < -0.4 is 5.73 Å². The lowest BCUT2D eigenvalue weighted by atomic mass is 10.0. The maximum Gasteiger partial charge on any atom is 0.417 e. The molecule has 0 aliphatic heterocycles. The van der Waals surface area contributed by atoms with Crippen LogP contribution in [0.15, 0.2) is 18.2 Å². The Labute approximate surface area is 102 Å². The molecule has 0 atom stereocenters. The number of hydrogen-bond acceptors (Lipinski definition) is 2. The SMILES string of the molecule is Nc1cc(C(F)(F)F)c(C=CCCS)cc1F. The molecular formula is C11H11F4NS. The van der Waals surface area contributed by atoms with Crippen molar-refractivity contribution in [2.24, 2.45) is 0 Å². The lowest BCUT2D eigenvalue weighted by Gasteiger charge is -2.11. The minimum absolute atomic E-state index is 0.231. The number of thiol groups is 1. The van der Waals surface area contributed by atoms with Crippen molar-refractivity contribution >= 4 is 24.4 Å². The van der Waals surface area contributed by atoms with Crippen LogP contribution in [0.25, 0.3) is 6.08 Å². The van der Waals surface area contributed by atoms with Crippen LogP contribution in [0.5, 0.6) is 0 Å². The Bertz CT molecular complexity index is 426. The fraction of sp³-hybridized carbons (Fsp3) is 0.273. The van der Waals surface area contributed by atoms with Crippen molar-refractivity contribution in [1.29, 1.82) is 0 Å². The quantitative estimate of drug-likeness (QED) is 0.486. The summed E-state index contributed by atoms with van der Waals surface area (Å²) >= 11 is 3.92. The highest BCUT2D eigenvalue weighted by Gasteiger charge is 2.33. The molecule has 17 heavy (non-hydrogen) atoms. The van der Waals surface area contributed by atoms with Gasteiger partial charge in [0, 0.05) is 0 Å². The zero-order valence-corrected chi connectivity index (χ0v) is 9.65. The average Bonchev–Trinajstić information content (AvgIpc) is 2.21. The van der Waals surface area contributed by atoms with Crippen molar-refractivity contribution in [3.8, 4) is 0 Å². The summed E-state index contributed by atoms with van der Waals surface area (Å²) in [6.07, 6.45) is -1.32. The molecule has 0 spiro atoms. The molecular weight excluding hydrogens is 254 g/mol. The van der Waals surface area contributed by atoms with Crippen molar-refractivity contribution in [3.63, 3.8) is 0 Å². The van der Waals surface area contributed by atoms with Crippen LogP contribution in [0.2, 0.25) is 0 Å². The molecule has 2 N–H and O–H groups in total. The molecule has 94 valence electrons. The summed E-state index contributed by atoms with van der Waals surface area (Å²) in [5.41, 5.74) is 3.45. The van der Waals surface area contributed by atoms with Crippen molar-refractivity contribution in [3.05, 3.63) is 35.2 Å². The fourth-order valence-electron chi connectivity index (χ4n) is 1.27. The van der Waals surface area contributed by atoms with E-state index in [1.54, 1.807) is 0 Å². The first kappa shape index (κ1) is 13.9. The summed E-state index contributed by atoms with van der Waals surface area (Å²) in [5.74, 6) is -0.349. The highest BCUT2D eigenvalue weighted by molar-refractivity contribution is 7.80. The molecule has 0 bridgehead atoms. The smallest absolute Gasteiger partial charge is 0.396 e. The van der Waals surface area contributed by atoms with Gasteiger partial charge in [-0.2, -0.15) is 25.8 Å². The lowest BCUT2D eigenvalue weighted by Crippen LogP contribution is -2.09. The number of rotatable bonds is 3. The number of anilines is 1. The van der Waals surface area contributed by atoms with Crippen LogP contribution in [0.1, 0.15) is 17.5 Å². The van der Waals surface area contributed by atoms with Crippen LogP contribution >= 0.6 is 12.6 Å². The van der Waals surface area contributed by atoms with Gasteiger partial charge in [0.2, 0.25) is 0 Å². The van der Waals surface area contributed by atoms with Crippen LogP contribution in [0, 0.1) is 5.82 Å². The number of nitrogen functional groups attached to an aromatic ring is 1. The van der Waals surface area contributed by atoms with E-state index in [1.807, 2.05) is 0 Å². The van der Waals surface area contributed by atoms with Crippen LogP contribution in [-0.4, -0.2) is 5.75 Å². The monoisotopic (exact) mass is 265 g/mol. The summed E-state index contributed by atoms with van der Waals surface area (Å²) in [6, 6.07) is 1.39. The van der Waals surface area contributed by atoms with Gasteiger partial charge >= 0.3 is 6.18 Å². The van der Waals surface area contributed by atoms with Gasteiger partial charge in [-0.05, 0) is 29.9 Å². The van der Waals surface area contributed by atoms with Gasteiger partial charge in [0.1, 0.15) is 5.82 Å². The van der Waals surface area contributed by atoms with Crippen LogP contribution in [0.3, 0.4) is 0 Å². The Morgan fingerprint density at radius 3 is 2.47 bits per heavy atom. The predicted molar refractivity (Wildman–Crippen MR) is 63.3 cm³/mol. The molecule has 0 aromatic heterocycles. The molecule has 0 fully saturated rings. The minimum atomic E-state index is -4.55. The lowest BCUT2D eigenvalue weighted by molar-refractivity contribution is -0.137. The van der Waals surface area contributed by atoms with E-state index in [9.17, 15) is 17.6 Å². The molecule has 0 aliphatic carbocycles. The molecule has 0 aliphatic rings. The molecule has 0 saturated heterocycles. The standard InChI is InChI=1S/C11H11F4NS/c12-9-5-7(3-1-2-4-17)8(6-10(9)16)11(13,14)15/h1,3,5-6,17H,2,4,16H2. The van der Waals surface area contributed by atoms with Gasteiger partial charge in [-0.3, -0.25) is 0 Å². The van der Waals surface area contributed by atoms with E-state index in [2.05, 4.69) is 12.6 Å². The Morgan fingerprint density at radius 2 is 1.94 bits per heavy atom. The van der Waals surface area contributed by atoms with Gasteiger partial charge < -0.3 is 5.73 Å². The molecule has 0 saturated carbocycles. The third kappa shape index (κ3) is 3.66. The fourth-order valence-corrected chi connectivity index (χ4v) is 1.42. The van der Waals surface area contributed by atoms with E-state index in [4.69, 9.17) is 5.73 Å². The number of halogens is 4. The maximum absolute atomic E-state index is 13.1. The normalized spacial score (nSPS) is 12.3. The molecule has 0 amide bonds. The van der Waals surface area contributed by atoms with Gasteiger partial charge in [-0.15, -0.1) is 0 Å². The Hall–Kier alpha value is -1.17. The number of nitrogens with two attached hydrogens (primary N) is 1. The Balaban J connectivity index is 3.22. The largest absolute Gasteiger partial charge is 0.417 e. The number of hydrogen-bond donors (Lipinski definition) is 2. The molecule has 1 aromatic carbocycles. The van der Waals surface area contributed by atoms with Gasteiger partial charge in [-0.1, -0.05) is 12.2 Å². The number of alkyl halides is 3. The molecule has 6 heteroatoms. The third-order valence-electron chi connectivity index (χ3n) is 2.07. The van der Waals surface area contributed by atoms with E-state index < -0.39 is 23.2 Å². The third-order valence-corrected chi connectivity index (χ3v) is 2.33. The highest BCUT2D eigenvalue weighted by Crippen LogP contribution is 2.34. The summed E-state index contributed by atoms with van der Waals surface area (Å²) in [5, 5.41) is 0. The van der Waals surface area contributed by atoms with Crippen molar-refractivity contribution in [2.75, 3.05) is 11.5 Å². The molecule has 1 nitrogen and oxygen atoms in total. The van der Waals surface area contributed by atoms with E-state index in [0.29, 0.717) is 18.2 Å². The zero-order chi connectivity index (χ0) is 13.1. The van der Waals surface area contributed by atoms with Gasteiger partial charge in [-0.25, -0.2) is 4.39 Å². The van der Waals surface area contributed by atoms with E-state index in [0.717, 1.165) is 6.07 Å². The summed E-state index contributed by atoms with van der Waals surface area (Å²) < 4.78 is 51.0. The second-order valence-electron chi connectivity index (χ2n) is 3.37.